The van der Waals surface area contributed by atoms with Gasteiger partial charge >= 0.3 is 10.3 Å². The second kappa shape index (κ2) is 1.55. The van der Waals surface area contributed by atoms with Crippen LogP contribution in [0.2, 0.25) is 0 Å². The predicted molar refractivity (Wildman–Crippen MR) is 18.5 cm³/mol. The first kappa shape index (κ1) is 5.87. The summed E-state index contributed by atoms with van der Waals surface area (Å²) in [4.78, 5) is 0. The van der Waals surface area contributed by atoms with Crippen molar-refractivity contribution in [1.29, 1.82) is 0 Å². The molecule has 4 nitrogen and oxygen atoms in total. The van der Waals surface area contributed by atoms with Crippen LogP contribution in [-0.4, -0.2) is 8.42 Å². The summed E-state index contributed by atoms with van der Waals surface area (Å²) >= 11 is 0. The summed E-state index contributed by atoms with van der Waals surface area (Å²) in [6.45, 7) is 0. The van der Waals surface area contributed by atoms with E-state index in [1.54, 1.807) is 0 Å². The summed E-state index contributed by atoms with van der Waals surface area (Å²) in [7, 11) is 0.208. The summed E-state index contributed by atoms with van der Waals surface area (Å²) in [5.74, 6) is 0. The normalized spacial score (nSPS) is 11.7. The molecule has 0 aromatic rings. The van der Waals surface area contributed by atoms with Gasteiger partial charge in [0.1, 0.15) is 7.11 Å². The van der Waals surface area contributed by atoms with E-state index in [2.05, 4.69) is 16.4 Å². The Bertz CT molecular complexity index is 113. The molecule has 0 aliphatic rings. The van der Waals surface area contributed by atoms with Gasteiger partial charge in [-0.1, -0.05) is 0 Å². The highest BCUT2D eigenvalue weighted by molar-refractivity contribution is 7.84. The van der Waals surface area contributed by atoms with Crippen LogP contribution in [0.1, 0.15) is 0 Å². The van der Waals surface area contributed by atoms with E-state index in [4.69, 9.17) is 0 Å². The van der Waals surface area contributed by atoms with Gasteiger partial charge in [-0.25, -0.2) is 9.32 Å². The first-order valence-corrected chi connectivity index (χ1v) is 2.44. The molecule has 0 aliphatic carbocycles. The highest BCUT2D eigenvalue weighted by atomic mass is 32.2. The van der Waals surface area contributed by atoms with Crippen molar-refractivity contribution in [1.82, 2.24) is 0 Å². The molecule has 0 atom stereocenters. The lowest BCUT2D eigenvalue weighted by Gasteiger charge is -1.83. The van der Waals surface area contributed by atoms with Crippen molar-refractivity contribution in [3.05, 3.63) is 7.11 Å². The van der Waals surface area contributed by atoms with Crippen LogP contribution in [0.15, 0.2) is 0 Å². The van der Waals surface area contributed by atoms with E-state index in [1.165, 1.54) is 0 Å². The number of rotatable bonds is 1. The van der Waals surface area contributed by atoms with Crippen LogP contribution in [0.5, 0.6) is 0 Å². The lowest BCUT2D eigenvalue weighted by Crippen LogP contribution is -2.11. The van der Waals surface area contributed by atoms with Gasteiger partial charge in [0.2, 0.25) is 0 Å². The molecule has 0 fully saturated rings. The van der Waals surface area contributed by atoms with E-state index in [0.717, 1.165) is 0 Å². The van der Waals surface area contributed by atoms with Gasteiger partial charge in [0.25, 0.3) is 0 Å². The van der Waals surface area contributed by atoms with Crippen molar-refractivity contribution >= 4 is 10.3 Å². The minimum Gasteiger partial charge on any atom is -0.249 e. The number of hydrogen-bond acceptors (Lipinski definition) is 3. The molecule has 5 heteroatoms. The van der Waals surface area contributed by atoms with E-state index in [1.807, 2.05) is 0 Å². The molecule has 2 radical (unpaired) electrons. The molecule has 0 aliphatic heterocycles. The zero-order valence-corrected chi connectivity index (χ0v) is 3.60. The molecule has 0 saturated carbocycles. The Labute approximate surface area is 36.2 Å². The Kier molecular flexibility index (Phi) is 1.51. The van der Waals surface area contributed by atoms with E-state index in [-0.39, 0.29) is 0 Å². The second-order valence-electron chi connectivity index (χ2n) is 0.589. The van der Waals surface area contributed by atoms with Crippen LogP contribution in [0.4, 0.5) is 0 Å². The molecule has 0 bridgehead atoms. The number of nitrogens with two attached hydrogens (primary N) is 1. The molecule has 0 heterocycles. The van der Waals surface area contributed by atoms with Crippen molar-refractivity contribution < 1.29 is 12.6 Å². The van der Waals surface area contributed by atoms with Crippen molar-refractivity contribution in [2.75, 3.05) is 0 Å². The van der Waals surface area contributed by atoms with Crippen molar-refractivity contribution in [3.8, 4) is 0 Å². The second-order valence-corrected chi connectivity index (χ2v) is 1.77. The zero-order chi connectivity index (χ0) is 5.21. The molecule has 36 valence electrons. The average molecular weight is 109 g/mol. The molecule has 0 unspecified atom stereocenters. The standard InChI is InChI=1S/CH3NO3S/c1-5-6(2,3)4/h1H,(H2,2,3,4). The zero-order valence-electron chi connectivity index (χ0n) is 2.79. The molecule has 2 N–H and O–H groups in total. The smallest absolute Gasteiger partial charge is 0.249 e. The summed E-state index contributed by atoms with van der Waals surface area (Å²) < 4.78 is 22.0. The van der Waals surface area contributed by atoms with Crippen molar-refractivity contribution in [3.63, 3.8) is 0 Å². The van der Waals surface area contributed by atoms with Gasteiger partial charge in [-0.2, -0.15) is 8.42 Å². The first-order chi connectivity index (χ1) is 2.56. The lowest BCUT2D eigenvalue weighted by molar-refractivity contribution is 0.439. The SMILES string of the molecule is [CH]OS(N)(=O)=O. The topological polar surface area (TPSA) is 69.4 Å². The molecule has 0 aromatic carbocycles. The average Bonchev–Trinajstić information content (AvgIpc) is 1.35. The Balaban J connectivity index is 3.85. The fraction of sp³-hybridized carbons (Fsp3) is 0. The Morgan fingerprint density at radius 2 is 1.83 bits per heavy atom. The minimum atomic E-state index is -3.88. The van der Waals surface area contributed by atoms with Gasteiger partial charge in [0.05, 0.1) is 0 Å². The molecule has 0 rings (SSSR count). The van der Waals surface area contributed by atoms with Gasteiger partial charge < -0.3 is 0 Å². The molecule has 0 amide bonds. The van der Waals surface area contributed by atoms with Gasteiger partial charge in [0.15, 0.2) is 0 Å². The van der Waals surface area contributed by atoms with Gasteiger partial charge in [0, 0.05) is 0 Å². The van der Waals surface area contributed by atoms with E-state index >= 15 is 0 Å². The van der Waals surface area contributed by atoms with Crippen LogP contribution in [0.25, 0.3) is 0 Å². The first-order valence-electron chi connectivity index (χ1n) is 0.971. The minimum absolute atomic E-state index is 3.19. The van der Waals surface area contributed by atoms with Crippen LogP contribution in [0, 0.1) is 7.11 Å². The van der Waals surface area contributed by atoms with E-state index < -0.39 is 10.3 Å². The summed E-state index contributed by atoms with van der Waals surface area (Å²) in [5, 5.41) is 4.16. The molecule has 0 saturated heterocycles. The van der Waals surface area contributed by atoms with E-state index in [0.29, 0.717) is 0 Å². The number of hydrogen-bond donors (Lipinski definition) is 1. The van der Waals surface area contributed by atoms with Crippen LogP contribution < -0.4 is 5.14 Å². The van der Waals surface area contributed by atoms with E-state index in [9.17, 15) is 8.42 Å². The fourth-order valence-corrected chi connectivity index (χ4v) is 0. The third-order valence-electron chi connectivity index (χ3n) is 0.134. The third-order valence-corrected chi connectivity index (χ3v) is 0.402. The van der Waals surface area contributed by atoms with Gasteiger partial charge in [-0.05, 0) is 0 Å². The van der Waals surface area contributed by atoms with Gasteiger partial charge in [-0.15, -0.1) is 0 Å². The molecular weight excluding hydrogens is 106 g/mol. The quantitative estimate of drug-likeness (QED) is 0.463. The highest BCUT2D eigenvalue weighted by Gasteiger charge is 1.91. The Hall–Kier alpha value is -0.130. The monoisotopic (exact) mass is 109 g/mol. The third kappa shape index (κ3) is 3.87. The van der Waals surface area contributed by atoms with Gasteiger partial charge in [-0.3, -0.25) is 0 Å². The van der Waals surface area contributed by atoms with Crippen LogP contribution in [-0.2, 0) is 14.5 Å². The largest absolute Gasteiger partial charge is 0.333 e. The highest BCUT2D eigenvalue weighted by Crippen LogP contribution is 1.71. The van der Waals surface area contributed by atoms with Crippen molar-refractivity contribution in [2.45, 2.75) is 0 Å². The lowest BCUT2D eigenvalue weighted by atomic mass is 11.8. The summed E-state index contributed by atoms with van der Waals surface area (Å²) in [5.41, 5.74) is 0. The molecule has 0 aromatic heterocycles. The summed E-state index contributed by atoms with van der Waals surface area (Å²) in [6.07, 6.45) is 0. The Morgan fingerprint density at radius 3 is 1.83 bits per heavy atom. The predicted octanol–water partition coefficient (Wildman–Crippen LogP) is -1.12. The maximum Gasteiger partial charge on any atom is 0.333 e. The molecular formula is CH3NO3S. The van der Waals surface area contributed by atoms with Crippen LogP contribution in [0.3, 0.4) is 0 Å². The van der Waals surface area contributed by atoms with Crippen molar-refractivity contribution in [2.24, 2.45) is 5.14 Å². The molecule has 0 spiro atoms. The fourth-order valence-electron chi connectivity index (χ4n) is 0. The molecule has 6 heavy (non-hydrogen) atoms. The summed E-state index contributed by atoms with van der Waals surface area (Å²) in [6, 6.07) is 0. The maximum absolute atomic E-state index is 9.43. The Morgan fingerprint density at radius 1 is 1.67 bits per heavy atom. The maximum atomic E-state index is 9.43. The van der Waals surface area contributed by atoms with Crippen LogP contribution >= 0.6 is 0 Å².